The third-order valence-corrected chi connectivity index (χ3v) is 3.61. The molecule has 0 bridgehead atoms. The molecule has 1 atom stereocenters. The predicted octanol–water partition coefficient (Wildman–Crippen LogP) is 2.08. The van der Waals surface area contributed by atoms with Crippen molar-refractivity contribution in [1.29, 1.82) is 0 Å². The van der Waals surface area contributed by atoms with Gasteiger partial charge in [0.05, 0.1) is 22.9 Å². The van der Waals surface area contributed by atoms with Gasteiger partial charge in [-0.15, -0.1) is 0 Å². The minimum Gasteiger partial charge on any atom is -0.338 e. The van der Waals surface area contributed by atoms with E-state index in [1.165, 1.54) is 0 Å². The molecule has 2 aromatic rings. The summed E-state index contributed by atoms with van der Waals surface area (Å²) in [6.45, 7) is 5.21. The fraction of sp³-hybridized carbons (Fsp3) is 0.462. The second-order valence-electron chi connectivity index (χ2n) is 4.65. The van der Waals surface area contributed by atoms with Crippen molar-refractivity contribution in [1.82, 2.24) is 24.5 Å². The van der Waals surface area contributed by atoms with Gasteiger partial charge in [0.1, 0.15) is 6.04 Å². The summed E-state index contributed by atoms with van der Waals surface area (Å²) in [5.41, 5.74) is 1.03. The van der Waals surface area contributed by atoms with Crippen LogP contribution in [0.5, 0.6) is 0 Å². The standard InChI is InChI=1S/C13H18BrN5O/c1-4-18-12(5-6-15-18)9-17(3)13(20)10(2)19-8-11(14)7-16-19/h5-8,10H,4,9H2,1-3H3. The molecule has 0 saturated heterocycles. The van der Waals surface area contributed by atoms with Crippen LogP contribution in [0.1, 0.15) is 25.6 Å². The molecule has 0 fully saturated rings. The first-order valence-corrected chi connectivity index (χ1v) is 7.27. The maximum Gasteiger partial charge on any atom is 0.247 e. The molecule has 2 heterocycles. The highest BCUT2D eigenvalue weighted by Crippen LogP contribution is 2.14. The first kappa shape index (κ1) is 14.8. The molecule has 0 aliphatic rings. The fourth-order valence-electron chi connectivity index (χ4n) is 2.06. The first-order chi connectivity index (χ1) is 9.52. The smallest absolute Gasteiger partial charge is 0.247 e. The van der Waals surface area contributed by atoms with Gasteiger partial charge in [-0.2, -0.15) is 10.2 Å². The van der Waals surface area contributed by atoms with Crippen LogP contribution in [0.4, 0.5) is 0 Å². The van der Waals surface area contributed by atoms with E-state index >= 15 is 0 Å². The Labute approximate surface area is 126 Å². The Bertz CT molecular complexity index is 591. The van der Waals surface area contributed by atoms with Gasteiger partial charge in [0.2, 0.25) is 5.91 Å². The SMILES string of the molecule is CCn1nccc1CN(C)C(=O)C(C)n1cc(Br)cn1. The van der Waals surface area contributed by atoms with Crippen LogP contribution < -0.4 is 0 Å². The van der Waals surface area contributed by atoms with E-state index in [1.54, 1.807) is 35.2 Å². The molecule has 0 saturated carbocycles. The van der Waals surface area contributed by atoms with Crippen LogP contribution in [0, 0.1) is 0 Å². The van der Waals surface area contributed by atoms with E-state index < -0.39 is 0 Å². The van der Waals surface area contributed by atoms with Crippen molar-refractivity contribution < 1.29 is 4.79 Å². The maximum atomic E-state index is 12.4. The number of hydrogen-bond acceptors (Lipinski definition) is 3. The lowest BCUT2D eigenvalue weighted by Gasteiger charge is -2.21. The van der Waals surface area contributed by atoms with Crippen LogP contribution in [0.15, 0.2) is 29.1 Å². The van der Waals surface area contributed by atoms with E-state index in [2.05, 4.69) is 26.1 Å². The highest BCUT2D eigenvalue weighted by atomic mass is 79.9. The largest absolute Gasteiger partial charge is 0.338 e. The van der Waals surface area contributed by atoms with Crippen LogP contribution in [0.3, 0.4) is 0 Å². The summed E-state index contributed by atoms with van der Waals surface area (Å²) in [5.74, 6) is 0.0180. The summed E-state index contributed by atoms with van der Waals surface area (Å²) < 4.78 is 4.41. The molecule has 6 nitrogen and oxygen atoms in total. The number of amides is 1. The maximum absolute atomic E-state index is 12.4. The molecule has 0 radical (unpaired) electrons. The van der Waals surface area contributed by atoms with Crippen LogP contribution in [0.2, 0.25) is 0 Å². The minimum atomic E-state index is -0.329. The average molecular weight is 340 g/mol. The van der Waals surface area contributed by atoms with E-state index in [9.17, 15) is 4.79 Å². The number of aromatic nitrogens is 4. The molecule has 108 valence electrons. The van der Waals surface area contributed by atoms with Crippen LogP contribution in [-0.2, 0) is 17.9 Å². The van der Waals surface area contributed by atoms with Crippen molar-refractivity contribution in [3.63, 3.8) is 0 Å². The molecular weight excluding hydrogens is 322 g/mol. The summed E-state index contributed by atoms with van der Waals surface area (Å²) in [6.07, 6.45) is 5.23. The third-order valence-electron chi connectivity index (χ3n) is 3.20. The van der Waals surface area contributed by atoms with Gasteiger partial charge >= 0.3 is 0 Å². The molecule has 0 N–H and O–H groups in total. The molecule has 7 heteroatoms. The number of nitrogens with zero attached hydrogens (tertiary/aromatic N) is 5. The zero-order valence-electron chi connectivity index (χ0n) is 11.8. The molecule has 2 rings (SSSR count). The number of hydrogen-bond donors (Lipinski definition) is 0. The Morgan fingerprint density at radius 2 is 2.25 bits per heavy atom. The van der Waals surface area contributed by atoms with Gasteiger partial charge in [0, 0.05) is 26.0 Å². The Morgan fingerprint density at radius 3 is 2.85 bits per heavy atom. The normalized spacial score (nSPS) is 12.4. The average Bonchev–Trinajstić information content (AvgIpc) is 3.05. The van der Waals surface area contributed by atoms with E-state index in [1.807, 2.05) is 24.6 Å². The number of likely N-dealkylation sites (N-methyl/N-ethyl adjacent to an activating group) is 1. The predicted molar refractivity (Wildman–Crippen MR) is 79.0 cm³/mol. The summed E-state index contributed by atoms with van der Waals surface area (Å²) in [4.78, 5) is 14.1. The molecule has 0 aliphatic heterocycles. The molecule has 0 aliphatic carbocycles. The van der Waals surface area contributed by atoms with E-state index in [-0.39, 0.29) is 11.9 Å². The van der Waals surface area contributed by atoms with Gasteiger partial charge in [-0.3, -0.25) is 14.2 Å². The van der Waals surface area contributed by atoms with Gasteiger partial charge in [0.25, 0.3) is 0 Å². The van der Waals surface area contributed by atoms with E-state index in [0.717, 1.165) is 16.7 Å². The van der Waals surface area contributed by atoms with Crippen molar-refractivity contribution in [2.45, 2.75) is 33.0 Å². The van der Waals surface area contributed by atoms with Gasteiger partial charge in [0.15, 0.2) is 0 Å². The molecule has 1 unspecified atom stereocenters. The van der Waals surface area contributed by atoms with Crippen molar-refractivity contribution in [3.05, 3.63) is 34.8 Å². The lowest BCUT2D eigenvalue weighted by Crippen LogP contribution is -2.33. The summed E-state index contributed by atoms with van der Waals surface area (Å²) in [6, 6.07) is 1.60. The van der Waals surface area contributed by atoms with Gasteiger partial charge in [-0.05, 0) is 35.8 Å². The Balaban J connectivity index is 2.05. The number of carbonyl (C=O) groups is 1. The lowest BCUT2D eigenvalue weighted by molar-refractivity contribution is -0.133. The summed E-state index contributed by atoms with van der Waals surface area (Å²) in [7, 11) is 1.80. The second-order valence-corrected chi connectivity index (χ2v) is 5.56. The quantitative estimate of drug-likeness (QED) is 0.837. The second kappa shape index (κ2) is 6.21. The van der Waals surface area contributed by atoms with Crippen molar-refractivity contribution in [2.75, 3.05) is 7.05 Å². The van der Waals surface area contributed by atoms with Crippen LogP contribution in [-0.4, -0.2) is 37.4 Å². The highest BCUT2D eigenvalue weighted by molar-refractivity contribution is 9.10. The zero-order valence-corrected chi connectivity index (χ0v) is 13.4. The van der Waals surface area contributed by atoms with Gasteiger partial charge < -0.3 is 4.90 Å². The number of halogens is 1. The Morgan fingerprint density at radius 1 is 1.50 bits per heavy atom. The molecule has 0 spiro atoms. The third kappa shape index (κ3) is 3.09. The number of aryl methyl sites for hydroxylation is 1. The monoisotopic (exact) mass is 339 g/mol. The molecule has 1 amide bonds. The van der Waals surface area contributed by atoms with Crippen molar-refractivity contribution in [2.24, 2.45) is 0 Å². The highest BCUT2D eigenvalue weighted by Gasteiger charge is 2.20. The van der Waals surface area contributed by atoms with Crippen molar-refractivity contribution >= 4 is 21.8 Å². The molecule has 20 heavy (non-hydrogen) atoms. The number of rotatable bonds is 5. The van der Waals surface area contributed by atoms with Crippen LogP contribution >= 0.6 is 15.9 Å². The summed E-state index contributed by atoms with van der Waals surface area (Å²) >= 11 is 3.33. The van der Waals surface area contributed by atoms with E-state index in [4.69, 9.17) is 0 Å². The van der Waals surface area contributed by atoms with Crippen molar-refractivity contribution in [3.8, 4) is 0 Å². The minimum absolute atomic E-state index is 0.0180. The Hall–Kier alpha value is -1.63. The van der Waals surface area contributed by atoms with Crippen LogP contribution in [0.25, 0.3) is 0 Å². The van der Waals surface area contributed by atoms with Gasteiger partial charge in [-0.1, -0.05) is 0 Å². The molecular formula is C13H18BrN5O. The van der Waals surface area contributed by atoms with Gasteiger partial charge in [-0.25, -0.2) is 0 Å². The summed E-state index contributed by atoms with van der Waals surface area (Å²) in [5, 5.41) is 8.36. The molecule has 2 aromatic heterocycles. The molecule has 0 aromatic carbocycles. The topological polar surface area (TPSA) is 56.0 Å². The lowest BCUT2D eigenvalue weighted by atomic mass is 10.3. The Kier molecular flexibility index (Phi) is 4.59. The fourth-order valence-corrected chi connectivity index (χ4v) is 2.36. The zero-order chi connectivity index (χ0) is 14.7. The number of carbonyl (C=O) groups excluding carboxylic acids is 1. The first-order valence-electron chi connectivity index (χ1n) is 6.48. The van der Waals surface area contributed by atoms with E-state index in [0.29, 0.717) is 6.54 Å².